The fourth-order valence-corrected chi connectivity index (χ4v) is 3.90. The minimum Gasteiger partial charge on any atom is -0.466 e. The van der Waals surface area contributed by atoms with Crippen LogP contribution in [0.5, 0.6) is 23.0 Å². The van der Waals surface area contributed by atoms with Crippen LogP contribution in [0.2, 0.25) is 0 Å². The summed E-state index contributed by atoms with van der Waals surface area (Å²) in [6, 6.07) is 5.94. The zero-order valence-electron chi connectivity index (χ0n) is 28.9. The van der Waals surface area contributed by atoms with Gasteiger partial charge in [0.2, 0.25) is 11.2 Å². The van der Waals surface area contributed by atoms with Crippen LogP contribution < -0.4 is 24.4 Å². The van der Waals surface area contributed by atoms with Crippen LogP contribution in [-0.4, -0.2) is 76.2 Å². The van der Waals surface area contributed by atoms with E-state index in [1.807, 2.05) is 0 Å². The van der Waals surface area contributed by atoms with Gasteiger partial charge < -0.3 is 42.3 Å². The molecule has 0 radical (unpaired) electrons. The number of esters is 8. The molecule has 2 aromatic carbocycles. The van der Waals surface area contributed by atoms with Crippen molar-refractivity contribution < 1.29 is 80.7 Å². The van der Waals surface area contributed by atoms with E-state index in [1.54, 1.807) is 6.92 Å². The average Bonchev–Trinajstić information content (AvgIpc) is 3.15. The molecule has 0 aliphatic rings. The Bertz CT molecular complexity index is 2200. The van der Waals surface area contributed by atoms with Crippen molar-refractivity contribution in [3.05, 3.63) is 94.7 Å². The van der Waals surface area contributed by atoms with Gasteiger partial charge >= 0.3 is 47.8 Å². The molecule has 3 aromatic rings. The number of aryl methyl sites for hydroxylation is 1. The first-order valence-electron chi connectivity index (χ1n) is 14.9. The monoisotopic (exact) mass is 748 g/mol. The molecule has 0 spiro atoms. The van der Waals surface area contributed by atoms with E-state index in [0.717, 1.165) is 58.8 Å². The van der Waals surface area contributed by atoms with Gasteiger partial charge in [-0.2, -0.15) is 0 Å². The molecule has 0 N–H and O–H groups in total. The highest BCUT2D eigenvalue weighted by molar-refractivity contribution is 5.98. The van der Waals surface area contributed by atoms with Gasteiger partial charge in [0.25, 0.3) is 0 Å². The zero-order chi connectivity index (χ0) is 39.9. The molecule has 280 valence electrons. The maximum absolute atomic E-state index is 14.2. The zero-order valence-corrected chi connectivity index (χ0v) is 28.9. The number of carbonyl (C=O) groups is 8. The summed E-state index contributed by atoms with van der Waals surface area (Å²) in [4.78, 5) is 111. The van der Waals surface area contributed by atoms with Crippen LogP contribution in [-0.2, 0) is 57.3 Å². The second-order valence-corrected chi connectivity index (χ2v) is 9.97. The molecule has 0 bridgehead atoms. The molecule has 0 unspecified atom stereocenters. The van der Waals surface area contributed by atoms with Crippen LogP contribution in [0.3, 0.4) is 0 Å². The Balaban J connectivity index is 2.32. The minimum absolute atomic E-state index is 0.0536. The van der Waals surface area contributed by atoms with Gasteiger partial charge in [-0.25, -0.2) is 38.4 Å². The number of hydrogen-bond acceptors (Lipinski definition) is 18. The predicted octanol–water partition coefficient (Wildman–Crippen LogP) is 2.31. The topological polar surface area (TPSA) is 241 Å². The van der Waals surface area contributed by atoms with E-state index in [4.69, 9.17) is 23.4 Å². The lowest BCUT2D eigenvalue weighted by molar-refractivity contribution is -0.136. The minimum atomic E-state index is -1.28. The van der Waals surface area contributed by atoms with Crippen LogP contribution in [0.15, 0.2) is 88.2 Å². The molecule has 3 rings (SSSR count). The summed E-state index contributed by atoms with van der Waals surface area (Å²) in [6.07, 6.45) is 5.77. The summed E-state index contributed by atoms with van der Waals surface area (Å²) in [7, 11) is 4.27. The van der Waals surface area contributed by atoms with Gasteiger partial charge in [-0.05, 0) is 18.6 Å². The number of hydrogen-bond donors (Lipinski definition) is 0. The van der Waals surface area contributed by atoms with Crippen molar-refractivity contribution in [2.45, 2.75) is 6.92 Å². The molecular weight excluding hydrogens is 720 g/mol. The first-order valence-corrected chi connectivity index (χ1v) is 14.9. The first kappa shape index (κ1) is 40.8. The van der Waals surface area contributed by atoms with Crippen molar-refractivity contribution in [1.29, 1.82) is 0 Å². The lowest BCUT2D eigenvalue weighted by Crippen LogP contribution is -2.16. The molecule has 1 aromatic heterocycles. The molecule has 0 atom stereocenters. The van der Waals surface area contributed by atoms with E-state index in [-0.39, 0.29) is 11.3 Å². The Labute approximate surface area is 303 Å². The molecule has 0 saturated carbocycles. The largest absolute Gasteiger partial charge is 0.466 e. The SMILES string of the molecule is COC(=O)/C=C/C(=O)Oc1cc(OC(=O)/C=C/C(=O)OC)c2c(=O)c(OC(=O)/C=C/C(=O)OC)c(-c3ccc(C)c(OC(=O)/C=C/C(=O)OC)c3)oc2c1. The van der Waals surface area contributed by atoms with Crippen molar-refractivity contribution in [3.8, 4) is 34.3 Å². The molecule has 0 aliphatic carbocycles. The van der Waals surface area contributed by atoms with Crippen LogP contribution in [0.1, 0.15) is 5.56 Å². The quantitative estimate of drug-likeness (QED) is 0.105. The summed E-state index contributed by atoms with van der Waals surface area (Å²) in [5.41, 5.74) is -1.27. The van der Waals surface area contributed by atoms with E-state index in [9.17, 15) is 43.2 Å². The summed E-state index contributed by atoms with van der Waals surface area (Å²) in [6.45, 7) is 1.55. The van der Waals surface area contributed by atoms with Crippen molar-refractivity contribution in [1.82, 2.24) is 0 Å². The molecule has 1 heterocycles. The van der Waals surface area contributed by atoms with Crippen molar-refractivity contribution in [2.75, 3.05) is 28.4 Å². The maximum atomic E-state index is 14.2. The van der Waals surface area contributed by atoms with Crippen molar-refractivity contribution in [2.24, 2.45) is 0 Å². The predicted molar refractivity (Wildman–Crippen MR) is 180 cm³/mol. The lowest BCUT2D eigenvalue weighted by Gasteiger charge is -2.14. The van der Waals surface area contributed by atoms with Gasteiger partial charge in [0.1, 0.15) is 28.2 Å². The number of rotatable bonds is 13. The fourth-order valence-electron chi connectivity index (χ4n) is 3.90. The number of carbonyl (C=O) groups excluding carboxylic acids is 8. The molecule has 0 aliphatic heterocycles. The summed E-state index contributed by atoms with van der Waals surface area (Å²) in [5.74, 6) is -10.7. The van der Waals surface area contributed by atoms with E-state index in [0.29, 0.717) is 35.9 Å². The number of ether oxygens (including phenoxy) is 8. The third-order valence-corrected chi connectivity index (χ3v) is 6.41. The Morgan fingerprint density at radius 2 is 0.944 bits per heavy atom. The molecular formula is C36H28O18. The Kier molecular flexibility index (Phi) is 14.4. The Morgan fingerprint density at radius 1 is 0.519 bits per heavy atom. The summed E-state index contributed by atoms with van der Waals surface area (Å²) < 4.78 is 44.9. The van der Waals surface area contributed by atoms with Gasteiger partial charge in [0.15, 0.2) is 5.76 Å². The average molecular weight is 749 g/mol. The van der Waals surface area contributed by atoms with Gasteiger partial charge in [-0.1, -0.05) is 12.1 Å². The Morgan fingerprint density at radius 3 is 1.43 bits per heavy atom. The van der Waals surface area contributed by atoms with Crippen LogP contribution in [0.4, 0.5) is 0 Å². The number of benzene rings is 2. The summed E-state index contributed by atoms with van der Waals surface area (Å²) in [5, 5.41) is -0.560. The lowest BCUT2D eigenvalue weighted by atomic mass is 10.1. The molecule has 0 saturated heterocycles. The fraction of sp³-hybridized carbons (Fsp3) is 0.139. The van der Waals surface area contributed by atoms with E-state index < -0.39 is 87.2 Å². The standard InChI is InChI=1S/C36H28O18/c1-19-6-7-20(16-22(19)51-30(42)13-9-26(38)47-3)35-36(54-32(44)15-11-28(40)49-5)34(45)33-23(52-31(43)14-10-27(39)48-4)17-21(18-24(33)53-35)50-29(41)12-8-25(37)46-2/h6-18H,1-5H3/b12-8+,13-9+,14-10+,15-11+. The van der Waals surface area contributed by atoms with Gasteiger partial charge in [0.05, 0.1) is 28.4 Å². The molecule has 18 heteroatoms. The Hall–Kier alpha value is -7.63. The third kappa shape index (κ3) is 11.5. The molecule has 18 nitrogen and oxygen atoms in total. The summed E-state index contributed by atoms with van der Waals surface area (Å²) >= 11 is 0. The van der Waals surface area contributed by atoms with Gasteiger partial charge in [-0.15, -0.1) is 0 Å². The highest BCUT2D eigenvalue weighted by Gasteiger charge is 2.25. The van der Waals surface area contributed by atoms with Crippen LogP contribution in [0, 0.1) is 6.92 Å². The second-order valence-electron chi connectivity index (χ2n) is 9.97. The smallest absolute Gasteiger partial charge is 0.336 e. The second kappa shape index (κ2) is 19.1. The number of methoxy groups -OCH3 is 4. The highest BCUT2D eigenvalue weighted by Crippen LogP contribution is 2.38. The van der Waals surface area contributed by atoms with Crippen molar-refractivity contribution >= 4 is 58.7 Å². The normalized spacial score (nSPS) is 11.1. The van der Waals surface area contributed by atoms with Gasteiger partial charge in [-0.3, -0.25) is 4.79 Å². The van der Waals surface area contributed by atoms with Crippen LogP contribution in [0.25, 0.3) is 22.3 Å². The van der Waals surface area contributed by atoms with Gasteiger partial charge in [0, 0.05) is 66.3 Å². The molecule has 54 heavy (non-hydrogen) atoms. The maximum Gasteiger partial charge on any atom is 0.336 e. The van der Waals surface area contributed by atoms with E-state index >= 15 is 0 Å². The molecule has 0 fully saturated rings. The van der Waals surface area contributed by atoms with Crippen molar-refractivity contribution in [3.63, 3.8) is 0 Å². The first-order chi connectivity index (χ1) is 25.7. The van der Waals surface area contributed by atoms with Crippen LogP contribution >= 0.6 is 0 Å². The third-order valence-electron chi connectivity index (χ3n) is 6.41. The molecule has 0 amide bonds. The van der Waals surface area contributed by atoms with E-state index in [1.165, 1.54) is 18.2 Å². The number of fused-ring (bicyclic) bond motifs is 1. The van der Waals surface area contributed by atoms with E-state index in [2.05, 4.69) is 18.9 Å². The highest BCUT2D eigenvalue weighted by atomic mass is 16.6.